The average molecular weight is 452 g/mol. The van der Waals surface area contributed by atoms with Crippen LogP contribution >= 0.6 is 11.3 Å². The van der Waals surface area contributed by atoms with Crippen molar-refractivity contribution >= 4 is 23.2 Å². The van der Waals surface area contributed by atoms with E-state index in [4.69, 9.17) is 4.98 Å². The quantitative estimate of drug-likeness (QED) is 0.547. The van der Waals surface area contributed by atoms with Gasteiger partial charge < -0.3 is 20.4 Å². The van der Waals surface area contributed by atoms with Crippen molar-refractivity contribution in [2.45, 2.75) is 43.4 Å². The molecule has 3 atom stereocenters. The fourth-order valence-electron chi connectivity index (χ4n) is 4.40. The molecule has 3 heterocycles. The van der Waals surface area contributed by atoms with Gasteiger partial charge in [-0.1, -0.05) is 18.2 Å². The van der Waals surface area contributed by atoms with Gasteiger partial charge in [0.05, 0.1) is 11.8 Å². The largest absolute Gasteiger partial charge is 0.393 e. The zero-order valence-electron chi connectivity index (χ0n) is 17.7. The van der Waals surface area contributed by atoms with Gasteiger partial charge >= 0.3 is 0 Å². The molecule has 1 saturated heterocycles. The first-order valence-corrected chi connectivity index (χ1v) is 11.6. The summed E-state index contributed by atoms with van der Waals surface area (Å²) in [6, 6.07) is 9.40. The number of hydrogen-bond acceptors (Lipinski definition) is 8. The molecule has 0 bridgehead atoms. The Morgan fingerprint density at radius 3 is 2.84 bits per heavy atom. The molecule has 2 aliphatic rings. The molecule has 9 heteroatoms. The standard InChI is InChI=1S/C23H25N5O3S/c1-28-10-8-23(31,21(28)30)15-4-2-3-14(11-15)20-26-19(13-32-20)18-7-9-24-22(27-18)25-16-5-6-17(29)12-16/h2-4,7,9,11,13,16-17,29,31H,5-6,8,10,12H2,1H3,(H,24,25,27)/t16-,17+,23+/m0/s1. The van der Waals surface area contributed by atoms with E-state index in [9.17, 15) is 15.0 Å². The molecule has 166 valence electrons. The Kier molecular flexibility index (Phi) is 5.40. The van der Waals surface area contributed by atoms with Crippen molar-refractivity contribution in [2.75, 3.05) is 18.9 Å². The van der Waals surface area contributed by atoms with Gasteiger partial charge in [-0.25, -0.2) is 15.0 Å². The number of rotatable bonds is 5. The number of aliphatic hydroxyl groups excluding tert-OH is 1. The molecule has 3 aromatic rings. The molecule has 1 saturated carbocycles. The van der Waals surface area contributed by atoms with Gasteiger partial charge in [0.15, 0.2) is 5.60 Å². The van der Waals surface area contributed by atoms with Crippen LogP contribution in [-0.4, -0.2) is 61.7 Å². The van der Waals surface area contributed by atoms with Gasteiger partial charge in [-0.15, -0.1) is 11.3 Å². The predicted molar refractivity (Wildman–Crippen MR) is 122 cm³/mol. The topological polar surface area (TPSA) is 111 Å². The molecule has 0 unspecified atom stereocenters. The monoisotopic (exact) mass is 451 g/mol. The number of aromatic nitrogens is 3. The van der Waals surface area contributed by atoms with Gasteiger partial charge in [-0.3, -0.25) is 4.79 Å². The molecule has 0 radical (unpaired) electrons. The Balaban J connectivity index is 1.38. The lowest BCUT2D eigenvalue weighted by Gasteiger charge is -2.21. The van der Waals surface area contributed by atoms with E-state index in [0.29, 0.717) is 36.6 Å². The molecular formula is C23H25N5O3S. The second-order valence-corrected chi connectivity index (χ2v) is 9.39. The van der Waals surface area contributed by atoms with Crippen LogP contribution in [0.3, 0.4) is 0 Å². The van der Waals surface area contributed by atoms with Crippen LogP contribution in [0.5, 0.6) is 0 Å². The van der Waals surface area contributed by atoms with Gasteiger partial charge in [-0.05, 0) is 37.0 Å². The molecule has 1 aromatic carbocycles. The smallest absolute Gasteiger partial charge is 0.258 e. The minimum atomic E-state index is -1.48. The lowest BCUT2D eigenvalue weighted by molar-refractivity contribution is -0.143. The number of nitrogens with one attached hydrogen (secondary N) is 1. The minimum Gasteiger partial charge on any atom is -0.393 e. The number of likely N-dealkylation sites (N-methyl/N-ethyl adjacent to an activating group) is 1. The molecule has 1 aliphatic carbocycles. The van der Waals surface area contributed by atoms with E-state index >= 15 is 0 Å². The fraction of sp³-hybridized carbons (Fsp3) is 0.391. The highest BCUT2D eigenvalue weighted by molar-refractivity contribution is 7.13. The van der Waals surface area contributed by atoms with Gasteiger partial charge in [0.2, 0.25) is 5.95 Å². The molecule has 0 spiro atoms. The zero-order valence-corrected chi connectivity index (χ0v) is 18.5. The fourth-order valence-corrected chi connectivity index (χ4v) is 5.21. The van der Waals surface area contributed by atoms with E-state index in [1.54, 1.807) is 24.2 Å². The van der Waals surface area contributed by atoms with Crippen molar-refractivity contribution < 1.29 is 15.0 Å². The minimum absolute atomic E-state index is 0.178. The van der Waals surface area contributed by atoms with Gasteiger partial charge in [0.1, 0.15) is 10.7 Å². The van der Waals surface area contributed by atoms with E-state index in [1.165, 1.54) is 11.3 Å². The van der Waals surface area contributed by atoms with Crippen LogP contribution in [0.25, 0.3) is 22.0 Å². The number of anilines is 1. The van der Waals surface area contributed by atoms with Gasteiger partial charge in [-0.2, -0.15) is 0 Å². The Hall–Kier alpha value is -2.88. The first-order valence-electron chi connectivity index (χ1n) is 10.7. The zero-order chi connectivity index (χ0) is 22.3. The van der Waals surface area contributed by atoms with Crippen LogP contribution in [0.4, 0.5) is 5.95 Å². The summed E-state index contributed by atoms with van der Waals surface area (Å²) in [6.07, 6.45) is 4.22. The highest BCUT2D eigenvalue weighted by atomic mass is 32.1. The summed E-state index contributed by atoms with van der Waals surface area (Å²) in [5.74, 6) is 0.259. The van der Waals surface area contributed by atoms with E-state index in [-0.39, 0.29) is 18.1 Å². The first kappa shape index (κ1) is 21.0. The van der Waals surface area contributed by atoms with Crippen LogP contribution in [0.2, 0.25) is 0 Å². The number of aliphatic hydroxyl groups is 2. The predicted octanol–water partition coefficient (Wildman–Crippen LogP) is 2.64. The number of hydrogen-bond donors (Lipinski definition) is 3. The number of nitrogens with zero attached hydrogens (tertiary/aromatic N) is 4. The molecule has 2 aromatic heterocycles. The third-order valence-electron chi connectivity index (χ3n) is 6.26. The molecule has 5 rings (SSSR count). The number of carbonyl (C=O) groups is 1. The first-order chi connectivity index (χ1) is 15.4. The Morgan fingerprint density at radius 1 is 1.22 bits per heavy atom. The number of thiazole rings is 1. The Morgan fingerprint density at radius 2 is 2.09 bits per heavy atom. The summed E-state index contributed by atoms with van der Waals surface area (Å²) in [7, 11) is 1.71. The van der Waals surface area contributed by atoms with Crippen molar-refractivity contribution in [2.24, 2.45) is 0 Å². The molecular weight excluding hydrogens is 426 g/mol. The van der Waals surface area contributed by atoms with Crippen LogP contribution in [0.15, 0.2) is 41.9 Å². The molecule has 32 heavy (non-hydrogen) atoms. The van der Waals surface area contributed by atoms with Crippen molar-refractivity contribution in [3.8, 4) is 22.0 Å². The average Bonchev–Trinajstić information content (AvgIpc) is 3.52. The maximum Gasteiger partial charge on any atom is 0.258 e. The number of benzene rings is 1. The number of carbonyl (C=O) groups excluding carboxylic acids is 1. The molecule has 3 N–H and O–H groups in total. The second-order valence-electron chi connectivity index (χ2n) is 8.53. The third-order valence-corrected chi connectivity index (χ3v) is 7.15. The van der Waals surface area contributed by atoms with Gasteiger partial charge in [0.25, 0.3) is 5.91 Å². The van der Waals surface area contributed by atoms with Gasteiger partial charge in [0, 0.05) is 43.2 Å². The van der Waals surface area contributed by atoms with Crippen LogP contribution in [-0.2, 0) is 10.4 Å². The summed E-state index contributed by atoms with van der Waals surface area (Å²) in [5, 5.41) is 26.7. The number of likely N-dealkylation sites (tertiary alicyclic amines) is 1. The van der Waals surface area contributed by atoms with E-state index in [2.05, 4.69) is 15.3 Å². The number of amides is 1. The van der Waals surface area contributed by atoms with Crippen LogP contribution in [0, 0.1) is 0 Å². The van der Waals surface area contributed by atoms with Crippen molar-refractivity contribution in [3.63, 3.8) is 0 Å². The molecule has 8 nitrogen and oxygen atoms in total. The summed E-state index contributed by atoms with van der Waals surface area (Å²) < 4.78 is 0. The lowest BCUT2D eigenvalue weighted by Crippen LogP contribution is -2.36. The van der Waals surface area contributed by atoms with Crippen LogP contribution in [0.1, 0.15) is 31.2 Å². The lowest BCUT2D eigenvalue weighted by atomic mass is 9.91. The van der Waals surface area contributed by atoms with Crippen molar-refractivity contribution in [1.29, 1.82) is 0 Å². The summed E-state index contributed by atoms with van der Waals surface area (Å²) in [6.45, 7) is 0.533. The van der Waals surface area contributed by atoms with Crippen molar-refractivity contribution in [1.82, 2.24) is 19.9 Å². The third kappa shape index (κ3) is 3.87. The highest BCUT2D eigenvalue weighted by Gasteiger charge is 2.45. The van der Waals surface area contributed by atoms with E-state index in [1.807, 2.05) is 29.6 Å². The second kappa shape index (κ2) is 8.23. The summed E-state index contributed by atoms with van der Waals surface area (Å²) >= 11 is 1.49. The van der Waals surface area contributed by atoms with Crippen LogP contribution < -0.4 is 5.32 Å². The normalized spacial score (nSPS) is 25.5. The van der Waals surface area contributed by atoms with Crippen molar-refractivity contribution in [3.05, 3.63) is 47.5 Å². The van der Waals surface area contributed by atoms with E-state index in [0.717, 1.165) is 29.1 Å². The van der Waals surface area contributed by atoms with E-state index < -0.39 is 5.60 Å². The summed E-state index contributed by atoms with van der Waals surface area (Å²) in [4.78, 5) is 27.7. The Labute approximate surface area is 190 Å². The Bertz CT molecular complexity index is 1150. The maximum absolute atomic E-state index is 12.5. The molecule has 1 amide bonds. The SMILES string of the molecule is CN1CC[C@@](O)(c2cccc(-c3nc(-c4ccnc(N[C@H]5CC[C@@H](O)C5)n4)cs3)c2)C1=O. The molecule has 2 fully saturated rings. The summed E-state index contributed by atoms with van der Waals surface area (Å²) in [5.41, 5.74) is 1.41. The maximum atomic E-state index is 12.5. The molecule has 1 aliphatic heterocycles. The highest BCUT2D eigenvalue weighted by Crippen LogP contribution is 2.36.